The Hall–Kier alpha value is 0.894. The maximum Gasteiger partial charge on any atom is 0.160 e. The zero-order chi connectivity index (χ0) is 14.6. The van der Waals surface area contributed by atoms with E-state index in [1.165, 1.54) is 0 Å². The molecule has 0 aromatic carbocycles. The number of ether oxygens (including phenoxy) is 2. The van der Waals surface area contributed by atoms with E-state index >= 15 is 0 Å². The van der Waals surface area contributed by atoms with Gasteiger partial charge >= 0.3 is 0 Å². The summed E-state index contributed by atoms with van der Waals surface area (Å²) in [6.07, 6.45) is -0.654. The van der Waals surface area contributed by atoms with Crippen LogP contribution in [-0.4, -0.2) is 49.4 Å². The molecule has 0 spiro atoms. The van der Waals surface area contributed by atoms with Gasteiger partial charge in [-0.2, -0.15) is 0 Å². The Kier molecular flexibility index (Phi) is 9.54. The van der Waals surface area contributed by atoms with Crippen LogP contribution in [-0.2, 0) is 52.3 Å². The molecule has 1 N–H and O–H groups in total. The Labute approximate surface area is 146 Å². The quantitative estimate of drug-likeness (QED) is 0.531. The Balaban J connectivity index is 0.00000361. The smallest absolute Gasteiger partial charge is 0.160 e. The fourth-order valence-corrected chi connectivity index (χ4v) is 3.12. The molecule has 1 aliphatic rings. The molecule has 0 aromatic heterocycles. The van der Waals surface area contributed by atoms with Crippen LogP contribution in [0.1, 0.15) is 27.2 Å². The normalized spacial score (nSPS) is 34.5. The van der Waals surface area contributed by atoms with Crippen LogP contribution in [0.4, 0.5) is 0 Å². The fraction of sp³-hybridized carbons (Fsp3) is 1.00. The second kappa shape index (κ2) is 9.13. The van der Waals surface area contributed by atoms with Gasteiger partial charge in [-0.1, -0.05) is 20.8 Å². The Bertz CT molecular complexity index is 374. The zero-order valence-electron chi connectivity index (χ0n) is 12.2. The molecule has 1 rings (SSSR count). The van der Waals surface area contributed by atoms with Crippen molar-refractivity contribution in [2.75, 3.05) is 19.0 Å². The molecule has 6 nitrogen and oxygen atoms in total. The van der Waals surface area contributed by atoms with Gasteiger partial charge in [-0.25, -0.2) is 8.42 Å². The van der Waals surface area contributed by atoms with E-state index in [9.17, 15) is 13.0 Å². The van der Waals surface area contributed by atoms with E-state index in [-0.39, 0.29) is 57.1 Å². The number of aliphatic hydroxyl groups is 1. The molecule has 0 aliphatic carbocycles. The topological polar surface area (TPSA) is 95.9 Å². The van der Waals surface area contributed by atoms with Crippen molar-refractivity contribution in [1.82, 2.24) is 0 Å². The molecule has 20 heavy (non-hydrogen) atoms. The molecular weight excluding hydrogens is 361 g/mol. The first-order valence-corrected chi connectivity index (χ1v) is 8.15. The summed E-state index contributed by atoms with van der Waals surface area (Å²) in [6.45, 7) is 6.26. The van der Waals surface area contributed by atoms with Gasteiger partial charge in [0.2, 0.25) is 0 Å². The van der Waals surface area contributed by atoms with Crippen LogP contribution in [0.5, 0.6) is 0 Å². The van der Waals surface area contributed by atoms with E-state index in [2.05, 4.69) is 0 Å². The molecule has 1 aliphatic heterocycles. The average Bonchev–Trinajstić information content (AvgIpc) is 2.30. The summed E-state index contributed by atoms with van der Waals surface area (Å²) >= 11 is 0. The summed E-state index contributed by atoms with van der Waals surface area (Å²) in [5, 5.41) is 8.72. The van der Waals surface area contributed by atoms with Gasteiger partial charge in [0.05, 0.1) is 28.6 Å². The van der Waals surface area contributed by atoms with Crippen molar-refractivity contribution >= 4 is 10.1 Å². The molecular formula is C12H23O6SY-. The van der Waals surface area contributed by atoms with Gasteiger partial charge in [-0.3, -0.25) is 0 Å². The van der Waals surface area contributed by atoms with Crippen molar-refractivity contribution in [3.8, 4) is 0 Å². The standard InChI is InChI=1S/C12H24O6S.Y/c1-8-9(2)11(7-19(14,15)16)18-12(10(8)3)17-6-4-5-13;/h8-13H,4-7H2,1-3H3,(H,14,15,16);/p-1/t8-,9-,10+,11+,12?;/m0./s1. The van der Waals surface area contributed by atoms with Gasteiger partial charge in [0.25, 0.3) is 0 Å². The Morgan fingerprint density at radius 1 is 1.20 bits per heavy atom. The van der Waals surface area contributed by atoms with Crippen LogP contribution in [0.3, 0.4) is 0 Å². The molecule has 1 radical (unpaired) electrons. The van der Waals surface area contributed by atoms with Crippen LogP contribution in [0.25, 0.3) is 0 Å². The SMILES string of the molecule is C[C@H]1[C@H](C)[C@@H](C)C(OCCCO)O[C@@H]1CS(=O)(=O)[O-].[Y]. The van der Waals surface area contributed by atoms with E-state index in [0.29, 0.717) is 13.0 Å². The minimum atomic E-state index is -4.32. The zero-order valence-corrected chi connectivity index (χ0v) is 15.8. The van der Waals surface area contributed by atoms with E-state index in [4.69, 9.17) is 14.6 Å². The molecule has 0 bridgehead atoms. The third-order valence-electron chi connectivity index (χ3n) is 3.94. The third-order valence-corrected chi connectivity index (χ3v) is 4.67. The molecule has 1 heterocycles. The summed E-state index contributed by atoms with van der Waals surface area (Å²) in [4.78, 5) is 0. The second-order valence-electron chi connectivity index (χ2n) is 5.29. The second-order valence-corrected chi connectivity index (χ2v) is 6.74. The van der Waals surface area contributed by atoms with Crippen molar-refractivity contribution in [2.24, 2.45) is 17.8 Å². The predicted molar refractivity (Wildman–Crippen MR) is 68.4 cm³/mol. The summed E-state index contributed by atoms with van der Waals surface area (Å²) < 4.78 is 43.8. The van der Waals surface area contributed by atoms with E-state index in [0.717, 1.165) is 0 Å². The van der Waals surface area contributed by atoms with Crippen LogP contribution in [0.2, 0.25) is 0 Å². The van der Waals surface area contributed by atoms with Crippen molar-refractivity contribution in [1.29, 1.82) is 0 Å². The van der Waals surface area contributed by atoms with Gasteiger partial charge < -0.3 is 19.1 Å². The number of aliphatic hydroxyl groups excluding tert-OH is 1. The monoisotopic (exact) mass is 384 g/mol. The number of hydrogen-bond donors (Lipinski definition) is 1. The molecule has 1 fully saturated rings. The summed E-state index contributed by atoms with van der Waals surface area (Å²) in [5.74, 6) is -0.235. The van der Waals surface area contributed by atoms with Crippen molar-refractivity contribution in [3.05, 3.63) is 0 Å². The van der Waals surface area contributed by atoms with Crippen molar-refractivity contribution in [3.63, 3.8) is 0 Å². The molecule has 0 aromatic rings. The minimum Gasteiger partial charge on any atom is -0.748 e. The number of rotatable bonds is 6. The van der Waals surface area contributed by atoms with Crippen molar-refractivity contribution in [2.45, 2.75) is 39.6 Å². The summed E-state index contributed by atoms with van der Waals surface area (Å²) in [5.41, 5.74) is 0. The van der Waals surface area contributed by atoms with Crippen molar-refractivity contribution < 1.29 is 60.3 Å². The molecule has 5 atom stereocenters. The molecule has 0 amide bonds. The molecule has 8 heteroatoms. The molecule has 1 saturated heterocycles. The average molecular weight is 384 g/mol. The van der Waals surface area contributed by atoms with Gasteiger partial charge in [0.15, 0.2) is 6.29 Å². The Morgan fingerprint density at radius 3 is 2.30 bits per heavy atom. The van der Waals surface area contributed by atoms with Gasteiger partial charge in [-0.05, 0) is 18.3 Å². The summed E-state index contributed by atoms with van der Waals surface area (Å²) in [7, 11) is -4.32. The predicted octanol–water partition coefficient (Wildman–Crippen LogP) is 0.561. The van der Waals surface area contributed by atoms with E-state index in [1.807, 2.05) is 20.8 Å². The Morgan fingerprint density at radius 2 is 1.80 bits per heavy atom. The van der Waals surface area contributed by atoms with Crippen LogP contribution >= 0.6 is 0 Å². The first kappa shape index (κ1) is 20.9. The third kappa shape index (κ3) is 6.34. The van der Waals surface area contributed by atoms with Crippen LogP contribution in [0.15, 0.2) is 0 Å². The number of hydrogen-bond acceptors (Lipinski definition) is 6. The largest absolute Gasteiger partial charge is 0.748 e. The molecule has 117 valence electrons. The first-order chi connectivity index (χ1) is 8.76. The molecule has 0 saturated carbocycles. The maximum absolute atomic E-state index is 10.9. The van der Waals surface area contributed by atoms with Gasteiger partial charge in [-0.15, -0.1) is 0 Å². The van der Waals surface area contributed by atoms with Gasteiger partial charge in [0.1, 0.15) is 0 Å². The fourth-order valence-electron chi connectivity index (χ4n) is 2.33. The van der Waals surface area contributed by atoms with Gasteiger partial charge in [0, 0.05) is 45.2 Å². The van der Waals surface area contributed by atoms with Crippen LogP contribution in [0, 0.1) is 17.8 Å². The van der Waals surface area contributed by atoms with Crippen LogP contribution < -0.4 is 0 Å². The summed E-state index contributed by atoms with van der Waals surface area (Å²) in [6, 6.07) is 0. The van der Waals surface area contributed by atoms with E-state index in [1.54, 1.807) is 0 Å². The molecule has 1 unspecified atom stereocenters. The van der Waals surface area contributed by atoms with E-state index < -0.39 is 28.3 Å². The maximum atomic E-state index is 10.9. The minimum absolute atomic E-state index is 0. The first-order valence-electron chi connectivity index (χ1n) is 6.57.